The summed E-state index contributed by atoms with van der Waals surface area (Å²) in [6, 6.07) is 13.4. The monoisotopic (exact) mass is 461 g/mol. The molecule has 1 aliphatic rings. The Morgan fingerprint density at radius 3 is 2.29 bits per heavy atom. The van der Waals surface area contributed by atoms with Gasteiger partial charge < -0.3 is 18.9 Å². The molecule has 0 spiro atoms. The van der Waals surface area contributed by atoms with E-state index in [1.54, 1.807) is 19.1 Å². The Bertz CT molecular complexity index is 1340. The van der Waals surface area contributed by atoms with Crippen molar-refractivity contribution < 1.29 is 33.5 Å². The molecule has 1 heterocycles. The van der Waals surface area contributed by atoms with Crippen LogP contribution < -0.4 is 18.9 Å². The SMILES string of the molecule is COc1ccc(C(=O)Oc2ccc3c(c2C)O/C(=C\c2ccc([N+](=O)[O-])cc2)C3=O)cc1OC. The van der Waals surface area contributed by atoms with Crippen LogP contribution in [0, 0.1) is 17.0 Å². The van der Waals surface area contributed by atoms with Crippen LogP contribution in [0.2, 0.25) is 0 Å². The number of nitrogens with zero attached hydrogens (tertiary/aromatic N) is 1. The number of carbonyl (C=O) groups is 2. The highest BCUT2D eigenvalue weighted by atomic mass is 16.6. The van der Waals surface area contributed by atoms with Crippen molar-refractivity contribution in [3.05, 3.63) is 92.7 Å². The van der Waals surface area contributed by atoms with E-state index < -0.39 is 10.9 Å². The minimum atomic E-state index is -0.616. The van der Waals surface area contributed by atoms with E-state index in [1.807, 2.05) is 0 Å². The van der Waals surface area contributed by atoms with Gasteiger partial charge >= 0.3 is 5.97 Å². The standard InChI is InChI=1S/C25H19NO8/c1-14-19(34-25(28)16-6-10-20(31-2)21(13-16)32-3)11-9-18-23(27)22(33-24(14)18)12-15-4-7-17(8-5-15)26(29)30/h4-13H,1-3H3/b22-12-. The zero-order valence-electron chi connectivity index (χ0n) is 18.5. The number of allylic oxidation sites excluding steroid dienone is 1. The van der Waals surface area contributed by atoms with E-state index in [4.69, 9.17) is 18.9 Å². The first kappa shape index (κ1) is 22.5. The molecule has 3 aromatic carbocycles. The van der Waals surface area contributed by atoms with E-state index in [2.05, 4.69) is 0 Å². The number of esters is 1. The van der Waals surface area contributed by atoms with Crippen LogP contribution in [0.3, 0.4) is 0 Å². The summed E-state index contributed by atoms with van der Waals surface area (Å²) < 4.78 is 21.7. The Hall–Kier alpha value is -4.66. The Kier molecular flexibility index (Phi) is 6.01. The predicted octanol–water partition coefficient (Wildman–Crippen LogP) is 4.76. The number of rotatable bonds is 6. The summed E-state index contributed by atoms with van der Waals surface area (Å²) in [6.07, 6.45) is 1.50. The number of methoxy groups -OCH3 is 2. The van der Waals surface area contributed by atoms with Gasteiger partial charge in [0.05, 0.1) is 30.3 Å². The second-order valence-electron chi connectivity index (χ2n) is 7.31. The van der Waals surface area contributed by atoms with Crippen LogP contribution in [-0.2, 0) is 0 Å². The molecule has 1 aliphatic heterocycles. The Labute approximate surface area is 194 Å². The van der Waals surface area contributed by atoms with Crippen molar-refractivity contribution in [1.82, 2.24) is 0 Å². The molecule has 0 fully saturated rings. The fourth-order valence-electron chi connectivity index (χ4n) is 3.44. The maximum Gasteiger partial charge on any atom is 0.343 e. The van der Waals surface area contributed by atoms with Gasteiger partial charge in [-0.3, -0.25) is 14.9 Å². The lowest BCUT2D eigenvalue weighted by atomic mass is 10.1. The number of nitro groups is 1. The van der Waals surface area contributed by atoms with Crippen molar-refractivity contribution in [3.8, 4) is 23.0 Å². The van der Waals surface area contributed by atoms with E-state index in [0.29, 0.717) is 28.2 Å². The van der Waals surface area contributed by atoms with Crippen molar-refractivity contribution in [1.29, 1.82) is 0 Å². The Morgan fingerprint density at radius 2 is 1.65 bits per heavy atom. The Balaban J connectivity index is 1.57. The van der Waals surface area contributed by atoms with Gasteiger partial charge in [0, 0.05) is 17.7 Å². The number of benzene rings is 3. The molecule has 0 saturated heterocycles. The Morgan fingerprint density at radius 1 is 0.971 bits per heavy atom. The number of fused-ring (bicyclic) bond motifs is 1. The molecule has 0 aliphatic carbocycles. The minimum absolute atomic E-state index is 0.0547. The molecule has 0 atom stereocenters. The maximum absolute atomic E-state index is 12.8. The second-order valence-corrected chi connectivity index (χ2v) is 7.31. The highest BCUT2D eigenvalue weighted by Crippen LogP contribution is 2.39. The lowest BCUT2D eigenvalue weighted by molar-refractivity contribution is -0.384. The van der Waals surface area contributed by atoms with Crippen LogP contribution in [-0.4, -0.2) is 30.9 Å². The minimum Gasteiger partial charge on any atom is -0.493 e. The van der Waals surface area contributed by atoms with Gasteiger partial charge in [0.2, 0.25) is 5.78 Å². The van der Waals surface area contributed by atoms with Crippen LogP contribution in [0.4, 0.5) is 5.69 Å². The summed E-state index contributed by atoms with van der Waals surface area (Å²) >= 11 is 0. The maximum atomic E-state index is 12.8. The highest BCUT2D eigenvalue weighted by Gasteiger charge is 2.30. The molecule has 34 heavy (non-hydrogen) atoms. The molecule has 172 valence electrons. The fraction of sp³-hybridized carbons (Fsp3) is 0.120. The third-order valence-electron chi connectivity index (χ3n) is 5.26. The third-order valence-corrected chi connectivity index (χ3v) is 5.26. The zero-order valence-corrected chi connectivity index (χ0v) is 18.5. The molecule has 0 saturated carbocycles. The summed E-state index contributed by atoms with van der Waals surface area (Å²) in [5, 5.41) is 10.8. The number of carbonyl (C=O) groups excluding carboxylic acids is 2. The van der Waals surface area contributed by atoms with Gasteiger partial charge in [0.1, 0.15) is 11.5 Å². The van der Waals surface area contributed by atoms with Crippen molar-refractivity contribution in [3.63, 3.8) is 0 Å². The van der Waals surface area contributed by atoms with Crippen molar-refractivity contribution in [2.75, 3.05) is 14.2 Å². The van der Waals surface area contributed by atoms with Gasteiger partial charge in [-0.05, 0) is 61.0 Å². The predicted molar refractivity (Wildman–Crippen MR) is 122 cm³/mol. The van der Waals surface area contributed by atoms with E-state index >= 15 is 0 Å². The van der Waals surface area contributed by atoms with Crippen molar-refractivity contribution in [2.24, 2.45) is 0 Å². The van der Waals surface area contributed by atoms with Gasteiger partial charge in [-0.1, -0.05) is 0 Å². The molecule has 9 heteroatoms. The molecule has 4 rings (SSSR count). The summed E-state index contributed by atoms with van der Waals surface area (Å²) in [6.45, 7) is 1.68. The van der Waals surface area contributed by atoms with Crippen LogP contribution >= 0.6 is 0 Å². The van der Waals surface area contributed by atoms with Gasteiger partial charge in [-0.15, -0.1) is 0 Å². The topological polar surface area (TPSA) is 114 Å². The van der Waals surface area contributed by atoms with Crippen LogP contribution in [0.15, 0.2) is 60.4 Å². The summed E-state index contributed by atoms with van der Waals surface area (Å²) in [4.78, 5) is 35.8. The van der Waals surface area contributed by atoms with Gasteiger partial charge in [0.25, 0.3) is 5.69 Å². The lowest BCUT2D eigenvalue weighted by Crippen LogP contribution is -2.10. The average Bonchev–Trinajstić information content (AvgIpc) is 3.16. The first-order chi connectivity index (χ1) is 16.3. The number of nitro benzene ring substituents is 1. The average molecular weight is 461 g/mol. The lowest BCUT2D eigenvalue weighted by Gasteiger charge is -2.12. The van der Waals surface area contributed by atoms with Crippen LogP contribution in [0.25, 0.3) is 6.08 Å². The molecule has 0 unspecified atom stereocenters. The number of hydrogen-bond donors (Lipinski definition) is 0. The summed E-state index contributed by atoms with van der Waals surface area (Å²) in [7, 11) is 2.96. The normalized spacial score (nSPS) is 13.3. The highest BCUT2D eigenvalue weighted by molar-refractivity contribution is 6.15. The molecule has 0 bridgehead atoms. The fourth-order valence-corrected chi connectivity index (χ4v) is 3.44. The van der Waals surface area contributed by atoms with E-state index in [9.17, 15) is 19.7 Å². The van der Waals surface area contributed by atoms with Crippen molar-refractivity contribution >= 4 is 23.5 Å². The number of Topliss-reactive ketones (excluding diaryl/α,β-unsaturated/α-hetero) is 1. The number of non-ortho nitro benzene ring substituents is 1. The van der Waals surface area contributed by atoms with E-state index in [0.717, 1.165) is 0 Å². The summed E-state index contributed by atoms with van der Waals surface area (Å²) in [5.74, 6) is 0.503. The second kappa shape index (κ2) is 9.07. The molecule has 0 radical (unpaired) electrons. The van der Waals surface area contributed by atoms with Gasteiger partial charge in [-0.2, -0.15) is 0 Å². The van der Waals surface area contributed by atoms with Gasteiger partial charge in [0.15, 0.2) is 17.3 Å². The van der Waals surface area contributed by atoms with Crippen LogP contribution in [0.5, 0.6) is 23.0 Å². The molecule has 0 aromatic heterocycles. The van der Waals surface area contributed by atoms with E-state index in [1.165, 1.54) is 62.8 Å². The quantitative estimate of drug-likeness (QED) is 0.170. The molecule has 9 nitrogen and oxygen atoms in total. The smallest absolute Gasteiger partial charge is 0.343 e. The van der Waals surface area contributed by atoms with E-state index in [-0.39, 0.29) is 34.3 Å². The molecule has 3 aromatic rings. The molecule has 0 amide bonds. The number of ether oxygens (including phenoxy) is 4. The summed E-state index contributed by atoms with van der Waals surface area (Å²) in [5.41, 5.74) is 1.58. The number of ketones is 1. The van der Waals surface area contributed by atoms with Gasteiger partial charge in [-0.25, -0.2) is 4.79 Å². The molecule has 0 N–H and O–H groups in total. The largest absolute Gasteiger partial charge is 0.493 e. The molecular formula is C25H19NO8. The molecular weight excluding hydrogens is 442 g/mol. The third kappa shape index (κ3) is 4.18. The first-order valence-electron chi connectivity index (χ1n) is 10.1. The zero-order chi connectivity index (χ0) is 24.4. The first-order valence-corrected chi connectivity index (χ1v) is 10.1. The number of hydrogen-bond acceptors (Lipinski definition) is 8. The van der Waals surface area contributed by atoms with Crippen molar-refractivity contribution in [2.45, 2.75) is 6.92 Å². The van der Waals surface area contributed by atoms with Crippen LogP contribution in [0.1, 0.15) is 31.8 Å².